The number of hydrogen-bond acceptors (Lipinski definition) is 6. The van der Waals surface area contributed by atoms with Gasteiger partial charge in [-0.05, 0) is 31.0 Å². The molecule has 1 saturated heterocycles. The minimum atomic E-state index is -1.43. The molecule has 1 aromatic carbocycles. The molecule has 0 unspecified atom stereocenters. The van der Waals surface area contributed by atoms with Crippen LogP contribution in [0.4, 0.5) is 0 Å². The molecular formula is C14H20O6. The molecule has 1 heterocycles. The largest absolute Gasteiger partial charge is 0.462 e. The summed E-state index contributed by atoms with van der Waals surface area (Å²) in [5, 5.41) is 38.4. The molecule has 6 heteroatoms. The van der Waals surface area contributed by atoms with E-state index in [-0.39, 0.29) is 0 Å². The fraction of sp³-hybridized carbons (Fsp3) is 0.571. The van der Waals surface area contributed by atoms with Crippen LogP contribution in [0.1, 0.15) is 11.1 Å². The Morgan fingerprint density at radius 1 is 1.10 bits per heavy atom. The lowest BCUT2D eigenvalue weighted by molar-refractivity contribution is -0.277. The molecule has 1 fully saturated rings. The van der Waals surface area contributed by atoms with E-state index in [1.165, 1.54) is 0 Å². The van der Waals surface area contributed by atoms with Crippen molar-refractivity contribution in [3.8, 4) is 5.75 Å². The normalized spacial score (nSPS) is 34.0. The highest BCUT2D eigenvalue weighted by Crippen LogP contribution is 2.27. The molecule has 5 atom stereocenters. The first-order valence-corrected chi connectivity index (χ1v) is 6.49. The molecule has 0 aromatic heterocycles. The summed E-state index contributed by atoms with van der Waals surface area (Å²) in [6.45, 7) is 3.32. The standard InChI is InChI=1S/C14H20O6/c1-7-4-3-5-9(8(7)2)19-14-13(18)12(17)11(16)10(6-15)20-14/h3-5,10-18H,6H2,1-2H3/t10-,11+,12+,13+,14+/m1/s1. The first kappa shape index (κ1) is 15.2. The van der Waals surface area contributed by atoms with Crippen LogP contribution in [-0.2, 0) is 4.74 Å². The summed E-state index contributed by atoms with van der Waals surface area (Å²) >= 11 is 0. The van der Waals surface area contributed by atoms with Crippen LogP contribution in [0.15, 0.2) is 18.2 Å². The molecule has 1 aliphatic heterocycles. The fourth-order valence-electron chi connectivity index (χ4n) is 2.14. The Hall–Kier alpha value is -1.18. The number of hydrogen-bond donors (Lipinski definition) is 4. The van der Waals surface area contributed by atoms with Gasteiger partial charge in [0.05, 0.1) is 6.61 Å². The Morgan fingerprint density at radius 3 is 2.45 bits per heavy atom. The SMILES string of the molecule is Cc1cccc(O[C@H]2O[C@H](CO)[C@H](O)[C@H](O)[C@@H]2O)c1C. The van der Waals surface area contributed by atoms with E-state index in [1.807, 2.05) is 26.0 Å². The van der Waals surface area contributed by atoms with Crippen molar-refractivity contribution in [3.05, 3.63) is 29.3 Å². The second-order valence-corrected chi connectivity index (χ2v) is 5.01. The van der Waals surface area contributed by atoms with Gasteiger partial charge < -0.3 is 29.9 Å². The van der Waals surface area contributed by atoms with Gasteiger partial charge >= 0.3 is 0 Å². The number of aliphatic hydroxyl groups excluding tert-OH is 4. The van der Waals surface area contributed by atoms with Gasteiger partial charge in [-0.2, -0.15) is 0 Å². The van der Waals surface area contributed by atoms with Gasteiger partial charge in [0, 0.05) is 0 Å². The molecule has 20 heavy (non-hydrogen) atoms. The predicted molar refractivity (Wildman–Crippen MR) is 70.3 cm³/mol. The Bertz CT molecular complexity index is 461. The zero-order valence-electron chi connectivity index (χ0n) is 11.4. The molecule has 6 nitrogen and oxygen atoms in total. The van der Waals surface area contributed by atoms with Crippen LogP contribution >= 0.6 is 0 Å². The average molecular weight is 284 g/mol. The molecule has 4 N–H and O–H groups in total. The summed E-state index contributed by atoms with van der Waals surface area (Å²) in [4.78, 5) is 0. The van der Waals surface area contributed by atoms with Crippen LogP contribution in [-0.4, -0.2) is 57.7 Å². The average Bonchev–Trinajstić information content (AvgIpc) is 2.44. The maximum Gasteiger partial charge on any atom is 0.229 e. The summed E-state index contributed by atoms with van der Waals surface area (Å²) in [5.41, 5.74) is 1.91. The molecule has 1 aliphatic rings. The molecule has 0 saturated carbocycles. The number of rotatable bonds is 3. The van der Waals surface area contributed by atoms with E-state index in [0.717, 1.165) is 11.1 Å². The van der Waals surface area contributed by atoms with E-state index in [2.05, 4.69) is 0 Å². The van der Waals surface area contributed by atoms with Crippen molar-refractivity contribution in [2.45, 2.75) is 44.6 Å². The Balaban J connectivity index is 2.17. The van der Waals surface area contributed by atoms with Crippen molar-refractivity contribution < 1.29 is 29.9 Å². The van der Waals surface area contributed by atoms with Gasteiger partial charge in [0.2, 0.25) is 6.29 Å². The molecule has 0 spiro atoms. The lowest BCUT2D eigenvalue weighted by Gasteiger charge is -2.39. The Labute approximate surface area is 117 Å². The molecule has 1 aromatic rings. The van der Waals surface area contributed by atoms with Gasteiger partial charge in [0.25, 0.3) is 0 Å². The Morgan fingerprint density at radius 2 is 1.80 bits per heavy atom. The van der Waals surface area contributed by atoms with E-state index in [4.69, 9.17) is 14.6 Å². The quantitative estimate of drug-likeness (QED) is 0.596. The third-order valence-electron chi connectivity index (χ3n) is 3.65. The predicted octanol–water partition coefficient (Wildman–Crippen LogP) is -0.518. The first-order valence-electron chi connectivity index (χ1n) is 6.49. The molecular weight excluding hydrogens is 264 g/mol. The summed E-state index contributed by atoms with van der Waals surface area (Å²) < 4.78 is 10.9. The lowest BCUT2D eigenvalue weighted by atomic mass is 9.99. The summed E-state index contributed by atoms with van der Waals surface area (Å²) in [6, 6.07) is 5.46. The van der Waals surface area contributed by atoms with Crippen molar-refractivity contribution in [3.63, 3.8) is 0 Å². The summed E-state index contributed by atoms with van der Waals surface area (Å²) in [6.07, 6.45) is -6.33. The minimum Gasteiger partial charge on any atom is -0.462 e. The number of aryl methyl sites for hydroxylation is 1. The van der Waals surface area contributed by atoms with Crippen molar-refractivity contribution in [2.24, 2.45) is 0 Å². The highest BCUT2D eigenvalue weighted by atomic mass is 16.7. The topological polar surface area (TPSA) is 99.4 Å². The maximum absolute atomic E-state index is 9.90. The second kappa shape index (κ2) is 6.07. The zero-order chi connectivity index (χ0) is 14.9. The van der Waals surface area contributed by atoms with Gasteiger partial charge in [-0.1, -0.05) is 12.1 Å². The van der Waals surface area contributed by atoms with Crippen molar-refractivity contribution in [1.82, 2.24) is 0 Å². The minimum absolute atomic E-state index is 0.475. The van der Waals surface area contributed by atoms with Gasteiger partial charge in [0.15, 0.2) is 0 Å². The van der Waals surface area contributed by atoms with Crippen molar-refractivity contribution >= 4 is 0 Å². The second-order valence-electron chi connectivity index (χ2n) is 5.01. The van der Waals surface area contributed by atoms with E-state index < -0.39 is 37.3 Å². The van der Waals surface area contributed by atoms with Crippen LogP contribution in [0.3, 0.4) is 0 Å². The lowest BCUT2D eigenvalue weighted by Crippen LogP contribution is -2.60. The molecule has 0 radical (unpaired) electrons. The zero-order valence-corrected chi connectivity index (χ0v) is 11.4. The highest BCUT2D eigenvalue weighted by Gasteiger charge is 2.44. The monoisotopic (exact) mass is 284 g/mol. The maximum atomic E-state index is 9.90. The summed E-state index contributed by atoms with van der Waals surface area (Å²) in [5.74, 6) is 0.523. The van der Waals surface area contributed by atoms with E-state index >= 15 is 0 Å². The number of aliphatic hydroxyl groups is 4. The van der Waals surface area contributed by atoms with Crippen LogP contribution in [0, 0.1) is 13.8 Å². The molecule has 112 valence electrons. The van der Waals surface area contributed by atoms with E-state index in [1.54, 1.807) is 6.07 Å². The third kappa shape index (κ3) is 2.79. The first-order chi connectivity index (χ1) is 9.45. The van der Waals surface area contributed by atoms with Crippen LogP contribution < -0.4 is 4.74 Å². The molecule has 0 aliphatic carbocycles. The fourth-order valence-corrected chi connectivity index (χ4v) is 2.14. The molecule has 2 rings (SSSR count). The highest BCUT2D eigenvalue weighted by molar-refractivity contribution is 5.38. The summed E-state index contributed by atoms with van der Waals surface area (Å²) in [7, 11) is 0. The number of benzene rings is 1. The van der Waals surface area contributed by atoms with Crippen molar-refractivity contribution in [1.29, 1.82) is 0 Å². The van der Waals surface area contributed by atoms with Crippen molar-refractivity contribution in [2.75, 3.05) is 6.61 Å². The number of ether oxygens (including phenoxy) is 2. The van der Waals surface area contributed by atoms with Gasteiger partial charge in [-0.15, -0.1) is 0 Å². The van der Waals surface area contributed by atoms with E-state index in [0.29, 0.717) is 5.75 Å². The molecule has 0 bridgehead atoms. The van der Waals surface area contributed by atoms with E-state index in [9.17, 15) is 15.3 Å². The smallest absolute Gasteiger partial charge is 0.229 e. The van der Waals surface area contributed by atoms with Crippen LogP contribution in [0.25, 0.3) is 0 Å². The van der Waals surface area contributed by atoms with Crippen LogP contribution in [0.2, 0.25) is 0 Å². The van der Waals surface area contributed by atoms with Gasteiger partial charge in [-0.25, -0.2) is 0 Å². The Kier molecular flexibility index (Phi) is 4.62. The third-order valence-corrected chi connectivity index (χ3v) is 3.65. The van der Waals surface area contributed by atoms with Gasteiger partial charge in [0.1, 0.15) is 30.2 Å². The van der Waals surface area contributed by atoms with Crippen LogP contribution in [0.5, 0.6) is 5.75 Å². The van der Waals surface area contributed by atoms with Gasteiger partial charge in [-0.3, -0.25) is 0 Å². The molecule has 0 amide bonds.